The van der Waals surface area contributed by atoms with E-state index in [-0.39, 0.29) is 10.6 Å². The minimum Gasteiger partial charge on any atom is -0.316 e. The van der Waals surface area contributed by atoms with E-state index in [2.05, 4.69) is 56.0 Å². The lowest BCUT2D eigenvalue weighted by Crippen LogP contribution is -2.55. The molecule has 0 spiro atoms. The molecule has 7 aliphatic rings. The molecule has 4 bridgehead atoms. The van der Waals surface area contributed by atoms with E-state index < -0.39 is 0 Å². The van der Waals surface area contributed by atoms with Gasteiger partial charge in [-0.3, -0.25) is 0 Å². The first-order valence-electron chi connectivity index (χ1n) is 14.1. The van der Waals surface area contributed by atoms with Gasteiger partial charge in [-0.05, 0) is 136 Å². The summed E-state index contributed by atoms with van der Waals surface area (Å²) in [6.07, 6.45) is 15.6. The molecule has 2 nitrogen and oxygen atoms in total. The van der Waals surface area contributed by atoms with Crippen LogP contribution in [0.15, 0.2) is 22.8 Å². The van der Waals surface area contributed by atoms with Crippen molar-refractivity contribution in [3.63, 3.8) is 0 Å². The van der Waals surface area contributed by atoms with Gasteiger partial charge in [0.2, 0.25) is 0 Å². The van der Waals surface area contributed by atoms with Crippen molar-refractivity contribution >= 4 is 18.5 Å². The zero-order chi connectivity index (χ0) is 23.0. The summed E-state index contributed by atoms with van der Waals surface area (Å²) in [5, 5.41) is 7.77. The maximum absolute atomic E-state index is 3.76. The Bertz CT molecular complexity index is 810. The van der Waals surface area contributed by atoms with Gasteiger partial charge in [0.1, 0.15) is 0 Å². The Morgan fingerprint density at radius 3 is 2.06 bits per heavy atom. The summed E-state index contributed by atoms with van der Waals surface area (Å²) in [4.78, 5) is 0. The van der Waals surface area contributed by atoms with Crippen LogP contribution >= 0.6 is 18.5 Å². The van der Waals surface area contributed by atoms with Crippen molar-refractivity contribution in [3.05, 3.63) is 22.8 Å². The predicted molar refractivity (Wildman–Crippen MR) is 148 cm³/mol. The molecule has 0 aromatic carbocycles. The molecule has 0 radical (unpaired) electrons. The largest absolute Gasteiger partial charge is 0.316 e. The quantitative estimate of drug-likeness (QED) is 0.479. The number of rotatable bonds is 5. The second-order valence-corrected chi connectivity index (χ2v) is 15.3. The smallest absolute Gasteiger partial charge is 0.0147 e. The summed E-state index contributed by atoms with van der Waals surface area (Å²) >= 11 is 0. The minimum absolute atomic E-state index is 0.251. The monoisotopic (exact) mass is 486 g/mol. The van der Waals surface area contributed by atoms with Crippen LogP contribution in [0.2, 0.25) is 0 Å². The lowest BCUT2D eigenvalue weighted by molar-refractivity contribution is -0.0766. The number of allylic oxidation sites excluding steroid dienone is 4. The Morgan fingerprint density at radius 1 is 0.970 bits per heavy atom. The van der Waals surface area contributed by atoms with Gasteiger partial charge in [0, 0.05) is 5.16 Å². The van der Waals surface area contributed by atoms with Gasteiger partial charge >= 0.3 is 0 Å². The van der Waals surface area contributed by atoms with Gasteiger partial charge in [-0.1, -0.05) is 38.0 Å². The molecule has 2 heterocycles. The second-order valence-electron chi connectivity index (χ2n) is 13.9. The Kier molecular flexibility index (Phi) is 6.02. The van der Waals surface area contributed by atoms with Crippen LogP contribution in [0.5, 0.6) is 0 Å². The number of nitrogens with one attached hydrogen (secondary N) is 2. The van der Waals surface area contributed by atoms with Crippen molar-refractivity contribution in [1.82, 2.24) is 10.6 Å². The second kappa shape index (κ2) is 8.40. The molecule has 7 unspecified atom stereocenters. The van der Waals surface area contributed by atoms with Gasteiger partial charge in [0.05, 0.1) is 0 Å². The van der Waals surface area contributed by atoms with Crippen molar-refractivity contribution in [1.29, 1.82) is 0 Å². The molecule has 184 valence electrons. The molecule has 5 aliphatic carbocycles. The first kappa shape index (κ1) is 23.6. The van der Waals surface area contributed by atoms with Gasteiger partial charge in [-0.25, -0.2) is 0 Å². The summed E-state index contributed by atoms with van der Waals surface area (Å²) in [7, 11) is 6.79. The van der Waals surface area contributed by atoms with Crippen molar-refractivity contribution in [2.75, 3.05) is 32.3 Å². The highest BCUT2D eigenvalue weighted by atomic mass is 31.0. The molecule has 2 N–H and O–H groups in total. The molecule has 0 aromatic heterocycles. The summed E-state index contributed by atoms with van der Waals surface area (Å²) in [5.74, 6) is 5.37. The van der Waals surface area contributed by atoms with Gasteiger partial charge in [0.15, 0.2) is 0 Å². The van der Waals surface area contributed by atoms with Crippen LogP contribution < -0.4 is 10.6 Å². The lowest BCUT2D eigenvalue weighted by atomic mass is 9.43. The van der Waals surface area contributed by atoms with Crippen LogP contribution in [0, 0.1) is 46.3 Å². The predicted octanol–water partition coefficient (Wildman–Crippen LogP) is 5.81. The highest BCUT2D eigenvalue weighted by molar-refractivity contribution is 7.19. The van der Waals surface area contributed by atoms with Crippen LogP contribution in [0.1, 0.15) is 72.1 Å². The number of hydrogen-bond donors (Lipinski definition) is 2. The van der Waals surface area contributed by atoms with Crippen LogP contribution in [0.4, 0.5) is 0 Å². The van der Waals surface area contributed by atoms with E-state index in [4.69, 9.17) is 0 Å². The van der Waals surface area contributed by atoms with E-state index in [1.165, 1.54) is 83.7 Å². The van der Waals surface area contributed by atoms with Crippen molar-refractivity contribution < 1.29 is 0 Å². The molecule has 7 rings (SSSR count). The molecular formula is C29H48N2P2. The van der Waals surface area contributed by atoms with Crippen molar-refractivity contribution in [2.24, 2.45) is 46.3 Å². The van der Waals surface area contributed by atoms with Gasteiger partial charge < -0.3 is 10.6 Å². The average Bonchev–Trinajstić information content (AvgIpc) is 3.54. The van der Waals surface area contributed by atoms with E-state index in [1.54, 1.807) is 5.57 Å². The Morgan fingerprint density at radius 2 is 1.58 bits per heavy atom. The molecule has 2 saturated heterocycles. The van der Waals surface area contributed by atoms with E-state index >= 15 is 0 Å². The molecule has 7 atom stereocenters. The van der Waals surface area contributed by atoms with Crippen LogP contribution in [-0.2, 0) is 0 Å². The average molecular weight is 487 g/mol. The van der Waals surface area contributed by atoms with E-state index in [1.807, 2.05) is 11.1 Å². The van der Waals surface area contributed by atoms with Crippen LogP contribution in [-0.4, -0.2) is 37.5 Å². The maximum atomic E-state index is 3.76. The van der Waals surface area contributed by atoms with E-state index in [0.29, 0.717) is 5.41 Å². The molecule has 33 heavy (non-hydrogen) atoms. The third-order valence-corrected chi connectivity index (χ3v) is 13.1. The third-order valence-electron chi connectivity index (χ3n) is 11.3. The molecule has 2 aliphatic heterocycles. The summed E-state index contributed by atoms with van der Waals surface area (Å²) in [5.41, 5.74) is 6.19. The van der Waals surface area contributed by atoms with Gasteiger partial charge in [-0.15, -0.1) is 18.5 Å². The first-order valence-corrected chi connectivity index (χ1v) is 15.5. The van der Waals surface area contributed by atoms with Crippen LogP contribution in [0.25, 0.3) is 0 Å². The summed E-state index contributed by atoms with van der Waals surface area (Å²) in [6.45, 7) is 12.2. The highest BCUT2D eigenvalue weighted by Gasteiger charge is 2.60. The highest BCUT2D eigenvalue weighted by Crippen LogP contribution is 2.69. The lowest BCUT2D eigenvalue weighted by Gasteiger charge is -2.62. The molecule has 6 fully saturated rings. The van der Waals surface area contributed by atoms with E-state index in [9.17, 15) is 0 Å². The minimum atomic E-state index is 0.251. The summed E-state index contributed by atoms with van der Waals surface area (Å²) in [6, 6.07) is 0. The first-order chi connectivity index (χ1) is 15.8. The number of hydrogen-bond acceptors (Lipinski definition) is 2. The fraction of sp³-hybridized carbons (Fsp3) is 0.862. The fourth-order valence-corrected chi connectivity index (χ4v) is 11.5. The van der Waals surface area contributed by atoms with E-state index in [0.717, 1.165) is 35.5 Å². The Balaban J connectivity index is 1.52. The zero-order valence-electron chi connectivity index (χ0n) is 21.4. The Labute approximate surface area is 207 Å². The van der Waals surface area contributed by atoms with Crippen LogP contribution in [0.3, 0.4) is 0 Å². The van der Waals surface area contributed by atoms with Gasteiger partial charge in [-0.2, -0.15) is 0 Å². The molecule has 4 heteroatoms. The standard InChI is InChI=1S/C29H48N2P2/c1-27(2,3)23-11-24(28-13-18-8-19(14-28)10-20(9-18)26(28)17-32)25(12-23)29(33,21-4-6-30-15-21)22-5-7-31-16-22/h11,18-22,26,30-31H,4-10,12-17,32-33H2,1-3H3. The molecular weight excluding hydrogens is 438 g/mol. The summed E-state index contributed by atoms with van der Waals surface area (Å²) < 4.78 is 0. The third kappa shape index (κ3) is 3.63. The zero-order valence-corrected chi connectivity index (χ0v) is 23.7. The Hall–Kier alpha value is 0.260. The fourth-order valence-electron chi connectivity index (χ4n) is 9.84. The normalized spacial score (nSPS) is 44.6. The molecule has 0 amide bonds. The molecule has 4 saturated carbocycles. The molecule has 0 aromatic rings. The SMILES string of the molecule is CC(C)(C)C1=CC(C23CC4CC(CC(C4)C2CP)C3)=C(C(P)(C2CCNC2)C2CCNC2)C1. The maximum Gasteiger partial charge on any atom is 0.0147 e. The van der Waals surface area contributed by atoms with Gasteiger partial charge in [0.25, 0.3) is 0 Å². The van der Waals surface area contributed by atoms with Crippen molar-refractivity contribution in [2.45, 2.75) is 77.3 Å². The van der Waals surface area contributed by atoms with Crippen molar-refractivity contribution in [3.8, 4) is 0 Å². The topological polar surface area (TPSA) is 24.1 Å².